The summed E-state index contributed by atoms with van der Waals surface area (Å²) in [6, 6.07) is 9.98. The predicted molar refractivity (Wildman–Crippen MR) is 131 cm³/mol. The normalized spacial score (nSPS) is 15.1. The number of hydrogen-bond donors (Lipinski definition) is 2. The number of anilines is 2. The van der Waals surface area contributed by atoms with Gasteiger partial charge >= 0.3 is 12.3 Å². The Balaban J connectivity index is 1.27. The van der Waals surface area contributed by atoms with Gasteiger partial charge in [-0.25, -0.2) is 23.5 Å². The van der Waals surface area contributed by atoms with Crippen molar-refractivity contribution in [3.05, 3.63) is 71.8 Å². The van der Waals surface area contributed by atoms with Crippen molar-refractivity contribution in [2.75, 3.05) is 23.7 Å². The highest BCUT2D eigenvalue weighted by atomic mass is 19.4. The highest BCUT2D eigenvalue weighted by molar-refractivity contribution is 5.91. The summed E-state index contributed by atoms with van der Waals surface area (Å²) in [7, 11) is 0. The number of benzene rings is 1. The number of nitrogen functional groups attached to an aromatic ring is 1. The molecule has 0 radical (unpaired) electrons. The average Bonchev–Trinajstić information content (AvgIpc) is 3.45. The summed E-state index contributed by atoms with van der Waals surface area (Å²) >= 11 is 0. The van der Waals surface area contributed by atoms with E-state index >= 15 is 0 Å². The molecule has 9 nitrogen and oxygen atoms in total. The van der Waals surface area contributed by atoms with Crippen molar-refractivity contribution in [2.24, 2.45) is 0 Å². The number of amides is 1. The first-order valence-corrected chi connectivity index (χ1v) is 11.8. The molecule has 4 heterocycles. The van der Waals surface area contributed by atoms with Crippen LogP contribution in [0, 0.1) is 0 Å². The lowest BCUT2D eigenvalue weighted by Gasteiger charge is -2.17. The van der Waals surface area contributed by atoms with Gasteiger partial charge in [-0.2, -0.15) is 18.3 Å². The van der Waals surface area contributed by atoms with Gasteiger partial charge in [0.05, 0.1) is 19.3 Å². The Morgan fingerprint density at radius 1 is 1.10 bits per heavy atom. The maximum absolute atomic E-state index is 13.6. The molecule has 1 aliphatic rings. The Morgan fingerprint density at radius 3 is 2.64 bits per heavy atom. The maximum Gasteiger partial charge on any atom is 0.438 e. The number of fused-ring (bicyclic) bond motifs is 1. The van der Waals surface area contributed by atoms with Gasteiger partial charge in [0.1, 0.15) is 11.6 Å². The molecule has 0 unspecified atom stereocenters. The Bertz CT molecular complexity index is 1520. The van der Waals surface area contributed by atoms with Crippen molar-refractivity contribution in [1.29, 1.82) is 0 Å². The molecule has 1 aliphatic heterocycles. The number of nitrogens with two attached hydrogens (primary N) is 1. The monoisotopic (exact) mass is 547 g/mol. The van der Waals surface area contributed by atoms with Crippen LogP contribution in [0.25, 0.3) is 10.8 Å². The van der Waals surface area contributed by atoms with E-state index in [1.165, 1.54) is 29.4 Å². The van der Waals surface area contributed by atoms with E-state index in [2.05, 4.69) is 20.4 Å². The first-order valence-electron chi connectivity index (χ1n) is 11.8. The zero-order valence-electron chi connectivity index (χ0n) is 20.3. The molecule has 1 amide bonds. The third kappa shape index (κ3) is 5.99. The van der Waals surface area contributed by atoms with Gasteiger partial charge in [-0.3, -0.25) is 4.68 Å². The van der Waals surface area contributed by atoms with E-state index in [-0.39, 0.29) is 31.9 Å². The fourth-order valence-electron chi connectivity index (χ4n) is 4.28. The van der Waals surface area contributed by atoms with Crippen molar-refractivity contribution >= 4 is 28.5 Å². The van der Waals surface area contributed by atoms with Crippen LogP contribution in [-0.2, 0) is 19.3 Å². The molecule has 0 aliphatic carbocycles. The van der Waals surface area contributed by atoms with Gasteiger partial charge in [0.2, 0.25) is 5.69 Å². The molecule has 4 aromatic rings. The number of aromatic nitrogens is 4. The number of ether oxygens (including phenoxy) is 1. The second kappa shape index (κ2) is 10.0. The lowest BCUT2D eigenvalue weighted by molar-refractivity contribution is -0.142. The highest BCUT2D eigenvalue weighted by Gasteiger charge is 2.40. The molecule has 0 spiro atoms. The first-order chi connectivity index (χ1) is 18.5. The Labute approximate surface area is 218 Å². The van der Waals surface area contributed by atoms with Crippen LogP contribution in [0.3, 0.4) is 0 Å². The van der Waals surface area contributed by atoms with Crippen molar-refractivity contribution in [2.45, 2.75) is 31.6 Å². The van der Waals surface area contributed by atoms with Gasteiger partial charge in [-0.15, -0.1) is 0 Å². The predicted octanol–water partition coefficient (Wildman–Crippen LogP) is 4.61. The molecule has 0 atom stereocenters. The zero-order chi connectivity index (χ0) is 27.8. The van der Waals surface area contributed by atoms with E-state index in [9.17, 15) is 26.7 Å². The molecule has 3 N–H and O–H groups in total. The molecule has 5 rings (SSSR count). The largest absolute Gasteiger partial charge is 0.438 e. The SMILES string of the molecule is Nc1nccc2cc(CNC(=O)Oc3cn(Cc4ccnc(N5CCC(F)(F)C5)c4)nc3C(F)(F)F)ccc12. The minimum absolute atomic E-state index is 0.0121. The molecule has 1 aromatic carbocycles. The van der Waals surface area contributed by atoms with Gasteiger partial charge in [0.25, 0.3) is 5.92 Å². The number of carbonyl (C=O) groups excluding carboxylic acids is 1. The molecule has 3 aromatic heterocycles. The van der Waals surface area contributed by atoms with Crippen molar-refractivity contribution < 1.29 is 31.5 Å². The molecule has 1 fully saturated rings. The summed E-state index contributed by atoms with van der Waals surface area (Å²) in [5, 5.41) is 7.49. The summed E-state index contributed by atoms with van der Waals surface area (Å²) in [4.78, 5) is 21.9. The van der Waals surface area contributed by atoms with Crippen LogP contribution < -0.4 is 20.7 Å². The van der Waals surface area contributed by atoms with Crippen LogP contribution in [0.2, 0.25) is 0 Å². The molecule has 14 heteroatoms. The Hall–Kier alpha value is -4.49. The summed E-state index contributed by atoms with van der Waals surface area (Å²) < 4.78 is 74.0. The third-order valence-electron chi connectivity index (χ3n) is 6.14. The quantitative estimate of drug-likeness (QED) is 0.339. The number of alkyl halides is 5. The first kappa shape index (κ1) is 26.1. The smallest absolute Gasteiger partial charge is 0.406 e. The van der Waals surface area contributed by atoms with Crippen molar-refractivity contribution in [3.63, 3.8) is 0 Å². The highest BCUT2D eigenvalue weighted by Crippen LogP contribution is 2.35. The Morgan fingerprint density at radius 2 is 1.90 bits per heavy atom. The maximum atomic E-state index is 13.6. The second-order valence-corrected chi connectivity index (χ2v) is 9.08. The minimum Gasteiger partial charge on any atom is -0.406 e. The van der Waals surface area contributed by atoms with Gasteiger partial charge in [0, 0.05) is 37.3 Å². The van der Waals surface area contributed by atoms with E-state index in [1.54, 1.807) is 24.3 Å². The number of carbonyl (C=O) groups is 1. The second-order valence-electron chi connectivity index (χ2n) is 9.08. The number of nitrogens with one attached hydrogen (secondary N) is 1. The fourth-order valence-corrected chi connectivity index (χ4v) is 4.28. The van der Waals surface area contributed by atoms with E-state index in [0.717, 1.165) is 21.7 Å². The molecule has 204 valence electrons. The lowest BCUT2D eigenvalue weighted by atomic mass is 10.1. The van der Waals surface area contributed by atoms with E-state index in [1.807, 2.05) is 0 Å². The van der Waals surface area contributed by atoms with Gasteiger partial charge in [-0.1, -0.05) is 12.1 Å². The third-order valence-corrected chi connectivity index (χ3v) is 6.14. The van der Waals surface area contributed by atoms with Gasteiger partial charge in [-0.05, 0) is 40.8 Å². The molecule has 39 heavy (non-hydrogen) atoms. The molecule has 1 saturated heterocycles. The summed E-state index contributed by atoms with van der Waals surface area (Å²) in [6.07, 6.45) is -2.41. The molecule has 0 saturated carbocycles. The number of rotatable bonds is 6. The van der Waals surface area contributed by atoms with Crippen molar-refractivity contribution in [3.8, 4) is 5.75 Å². The minimum atomic E-state index is -4.89. The van der Waals surface area contributed by atoms with Crippen LogP contribution in [0.5, 0.6) is 5.75 Å². The van der Waals surface area contributed by atoms with Crippen molar-refractivity contribution in [1.82, 2.24) is 25.1 Å². The van der Waals surface area contributed by atoms with Crippen LogP contribution in [0.4, 0.5) is 38.4 Å². The average molecular weight is 547 g/mol. The van der Waals surface area contributed by atoms with Crippen LogP contribution in [0.15, 0.2) is 55.0 Å². The molecule has 0 bridgehead atoms. The number of halogens is 5. The van der Waals surface area contributed by atoms with Crippen LogP contribution >= 0.6 is 0 Å². The van der Waals surface area contributed by atoms with E-state index < -0.39 is 36.2 Å². The van der Waals surface area contributed by atoms with E-state index in [4.69, 9.17) is 10.5 Å². The number of pyridine rings is 2. The molecular formula is C25H22F5N7O2. The lowest BCUT2D eigenvalue weighted by Crippen LogP contribution is -2.27. The summed E-state index contributed by atoms with van der Waals surface area (Å²) in [5.74, 6) is -2.96. The standard InChI is InChI=1S/C25H22F5N7O2/c26-24(27)5-8-36(14-24)20-10-16(3-6-32-20)12-37-13-19(21(35-37)25(28,29)30)39-23(38)34-11-15-1-2-18-17(9-15)4-7-33-22(18)31/h1-4,6-7,9-10,13H,5,8,11-12,14H2,(H2,31,33)(H,34,38). The molecular weight excluding hydrogens is 525 g/mol. The van der Waals surface area contributed by atoms with Crippen LogP contribution in [-0.4, -0.2) is 44.9 Å². The summed E-state index contributed by atoms with van der Waals surface area (Å²) in [6.45, 7) is -0.521. The zero-order valence-corrected chi connectivity index (χ0v) is 20.3. The summed E-state index contributed by atoms with van der Waals surface area (Å²) in [5.41, 5.74) is 5.60. The van der Waals surface area contributed by atoms with E-state index in [0.29, 0.717) is 16.9 Å². The number of hydrogen-bond acceptors (Lipinski definition) is 7. The van der Waals surface area contributed by atoms with Crippen LogP contribution in [0.1, 0.15) is 23.2 Å². The van der Waals surface area contributed by atoms with Gasteiger partial charge in [0.15, 0.2) is 5.75 Å². The van der Waals surface area contributed by atoms with Gasteiger partial charge < -0.3 is 20.7 Å². The number of nitrogens with zero attached hydrogens (tertiary/aromatic N) is 5. The Kier molecular flexibility index (Phi) is 6.70. The fraction of sp³-hybridized carbons (Fsp3) is 0.280. The topological polar surface area (TPSA) is 111 Å².